The fraction of sp³-hybridized carbons (Fsp3) is 0.286. The van der Waals surface area contributed by atoms with Gasteiger partial charge in [-0.15, -0.1) is 0 Å². The molecule has 3 aromatic rings. The van der Waals surface area contributed by atoms with Crippen molar-refractivity contribution in [2.75, 3.05) is 21.3 Å². The number of carbonyl (C=O) groups is 1. The first-order chi connectivity index (χ1) is 13.0. The van der Waals surface area contributed by atoms with E-state index < -0.39 is 0 Å². The van der Waals surface area contributed by atoms with Crippen LogP contribution in [0.5, 0.6) is 17.2 Å². The number of amides is 1. The molecule has 0 bridgehead atoms. The smallest absolute Gasteiger partial charge is 0.225 e. The van der Waals surface area contributed by atoms with Gasteiger partial charge in [0, 0.05) is 17.0 Å². The largest absolute Gasteiger partial charge is 0.497 e. The maximum Gasteiger partial charge on any atom is 0.225 e. The molecule has 0 fully saturated rings. The molecule has 2 aromatic carbocycles. The van der Waals surface area contributed by atoms with E-state index in [9.17, 15) is 4.79 Å². The van der Waals surface area contributed by atoms with Crippen LogP contribution in [0.15, 0.2) is 47.1 Å². The molecule has 1 heterocycles. The predicted molar refractivity (Wildman–Crippen MR) is 103 cm³/mol. The van der Waals surface area contributed by atoms with Crippen LogP contribution in [0.3, 0.4) is 0 Å². The van der Waals surface area contributed by atoms with E-state index in [-0.39, 0.29) is 18.4 Å². The van der Waals surface area contributed by atoms with Gasteiger partial charge in [-0.3, -0.25) is 4.79 Å². The number of furan rings is 1. The van der Waals surface area contributed by atoms with Gasteiger partial charge in [0.2, 0.25) is 5.91 Å². The Morgan fingerprint density at radius 3 is 2.52 bits per heavy atom. The molecule has 1 aromatic heterocycles. The molecule has 1 N–H and O–H groups in total. The van der Waals surface area contributed by atoms with Gasteiger partial charge in [-0.05, 0) is 36.8 Å². The van der Waals surface area contributed by atoms with Gasteiger partial charge in [0.15, 0.2) is 11.5 Å². The Balaban J connectivity index is 1.70. The highest BCUT2D eigenvalue weighted by molar-refractivity contribution is 5.88. The third-order valence-corrected chi connectivity index (χ3v) is 4.50. The summed E-state index contributed by atoms with van der Waals surface area (Å²) in [5.74, 6) is 1.91. The Kier molecular flexibility index (Phi) is 5.54. The number of ether oxygens (including phenoxy) is 3. The molecule has 1 amide bonds. The van der Waals surface area contributed by atoms with Gasteiger partial charge in [-0.25, -0.2) is 0 Å². The summed E-state index contributed by atoms with van der Waals surface area (Å²) in [5.41, 5.74) is 2.47. The summed E-state index contributed by atoms with van der Waals surface area (Å²) in [6.07, 6.45) is 1.85. The number of benzene rings is 2. The third kappa shape index (κ3) is 4.00. The Morgan fingerprint density at radius 1 is 1.04 bits per heavy atom. The van der Waals surface area contributed by atoms with Crippen LogP contribution in [0.1, 0.15) is 24.1 Å². The van der Waals surface area contributed by atoms with Crippen LogP contribution in [0.25, 0.3) is 11.0 Å². The van der Waals surface area contributed by atoms with E-state index in [1.165, 1.54) is 0 Å². The second-order valence-electron chi connectivity index (χ2n) is 6.20. The first-order valence-electron chi connectivity index (χ1n) is 8.61. The fourth-order valence-electron chi connectivity index (χ4n) is 3.00. The zero-order valence-electron chi connectivity index (χ0n) is 15.9. The van der Waals surface area contributed by atoms with Crippen LogP contribution < -0.4 is 19.5 Å². The molecular weight excluding hydrogens is 346 g/mol. The fourth-order valence-corrected chi connectivity index (χ4v) is 3.00. The molecule has 0 radical (unpaired) electrons. The number of methoxy groups -OCH3 is 3. The van der Waals surface area contributed by atoms with E-state index in [0.717, 1.165) is 22.3 Å². The molecule has 0 saturated carbocycles. The van der Waals surface area contributed by atoms with Crippen LogP contribution >= 0.6 is 0 Å². The highest BCUT2D eigenvalue weighted by atomic mass is 16.5. The van der Waals surface area contributed by atoms with Gasteiger partial charge >= 0.3 is 0 Å². The molecule has 3 rings (SSSR count). The Bertz CT molecular complexity index is 947. The molecule has 0 saturated heterocycles. The van der Waals surface area contributed by atoms with Gasteiger partial charge in [0.1, 0.15) is 11.3 Å². The highest BCUT2D eigenvalue weighted by Gasteiger charge is 2.15. The van der Waals surface area contributed by atoms with Crippen molar-refractivity contribution in [1.82, 2.24) is 5.32 Å². The van der Waals surface area contributed by atoms with Crippen molar-refractivity contribution >= 4 is 16.9 Å². The van der Waals surface area contributed by atoms with Gasteiger partial charge in [-0.1, -0.05) is 6.07 Å². The summed E-state index contributed by atoms with van der Waals surface area (Å²) in [6, 6.07) is 11.0. The van der Waals surface area contributed by atoms with E-state index in [0.29, 0.717) is 17.1 Å². The number of hydrogen-bond donors (Lipinski definition) is 1. The zero-order valence-corrected chi connectivity index (χ0v) is 15.9. The lowest BCUT2D eigenvalue weighted by Crippen LogP contribution is -2.28. The quantitative estimate of drug-likeness (QED) is 0.684. The molecule has 0 aliphatic heterocycles. The highest BCUT2D eigenvalue weighted by Crippen LogP contribution is 2.30. The lowest BCUT2D eigenvalue weighted by Gasteiger charge is -2.16. The lowest BCUT2D eigenvalue weighted by molar-refractivity contribution is -0.121. The third-order valence-electron chi connectivity index (χ3n) is 4.50. The summed E-state index contributed by atoms with van der Waals surface area (Å²) < 4.78 is 21.3. The van der Waals surface area contributed by atoms with Gasteiger partial charge in [0.05, 0.1) is 40.1 Å². The normalized spacial score (nSPS) is 11.9. The Morgan fingerprint density at radius 2 is 1.81 bits per heavy atom. The molecule has 6 nitrogen and oxygen atoms in total. The van der Waals surface area contributed by atoms with Gasteiger partial charge < -0.3 is 23.9 Å². The second kappa shape index (κ2) is 8.03. The first-order valence-corrected chi connectivity index (χ1v) is 8.61. The summed E-state index contributed by atoms with van der Waals surface area (Å²) >= 11 is 0. The maximum absolute atomic E-state index is 12.5. The standard InChI is InChI=1S/C21H23NO5/c1-13(14-5-8-18(25-3)20(9-14)26-4)22-21(23)10-15-12-27-19-11-16(24-2)6-7-17(15)19/h5-9,11-13H,10H2,1-4H3,(H,22,23). The molecule has 0 aliphatic carbocycles. The Hall–Kier alpha value is -3.15. The maximum atomic E-state index is 12.5. The lowest BCUT2D eigenvalue weighted by atomic mass is 10.1. The Labute approximate surface area is 158 Å². The first kappa shape index (κ1) is 18.6. The predicted octanol–water partition coefficient (Wildman–Crippen LogP) is 3.88. The summed E-state index contributed by atoms with van der Waals surface area (Å²) in [6.45, 7) is 1.93. The van der Waals surface area contributed by atoms with E-state index in [1.807, 2.05) is 43.3 Å². The van der Waals surface area contributed by atoms with E-state index in [2.05, 4.69) is 5.32 Å². The summed E-state index contributed by atoms with van der Waals surface area (Å²) in [7, 11) is 4.78. The summed E-state index contributed by atoms with van der Waals surface area (Å²) in [5, 5.41) is 3.92. The number of hydrogen-bond acceptors (Lipinski definition) is 5. The number of fused-ring (bicyclic) bond motifs is 1. The van der Waals surface area contributed by atoms with E-state index >= 15 is 0 Å². The van der Waals surface area contributed by atoms with Crippen molar-refractivity contribution in [3.8, 4) is 17.2 Å². The van der Waals surface area contributed by atoms with Crippen LogP contribution in [-0.4, -0.2) is 27.2 Å². The molecule has 0 aliphatic rings. The second-order valence-corrected chi connectivity index (χ2v) is 6.20. The topological polar surface area (TPSA) is 69.9 Å². The zero-order chi connectivity index (χ0) is 19.4. The molecule has 1 atom stereocenters. The number of nitrogens with one attached hydrogen (secondary N) is 1. The molecular formula is C21H23NO5. The van der Waals surface area contributed by atoms with E-state index in [4.69, 9.17) is 18.6 Å². The van der Waals surface area contributed by atoms with Crippen molar-refractivity contribution in [1.29, 1.82) is 0 Å². The van der Waals surface area contributed by atoms with Crippen molar-refractivity contribution in [3.63, 3.8) is 0 Å². The van der Waals surface area contributed by atoms with Crippen LogP contribution in [-0.2, 0) is 11.2 Å². The molecule has 142 valence electrons. The number of rotatable bonds is 7. The minimum Gasteiger partial charge on any atom is -0.497 e. The van der Waals surface area contributed by atoms with Crippen molar-refractivity contribution in [2.45, 2.75) is 19.4 Å². The number of carbonyl (C=O) groups excluding carboxylic acids is 1. The monoisotopic (exact) mass is 369 g/mol. The van der Waals surface area contributed by atoms with E-state index in [1.54, 1.807) is 27.6 Å². The molecule has 27 heavy (non-hydrogen) atoms. The van der Waals surface area contributed by atoms with Crippen molar-refractivity contribution in [2.24, 2.45) is 0 Å². The minimum atomic E-state index is -0.171. The average Bonchev–Trinajstić information content (AvgIpc) is 3.08. The van der Waals surface area contributed by atoms with Crippen LogP contribution in [0.2, 0.25) is 0 Å². The van der Waals surface area contributed by atoms with Crippen LogP contribution in [0.4, 0.5) is 0 Å². The molecule has 6 heteroatoms. The molecule has 0 spiro atoms. The molecule has 1 unspecified atom stereocenters. The van der Waals surface area contributed by atoms with Crippen molar-refractivity contribution < 1.29 is 23.4 Å². The van der Waals surface area contributed by atoms with Gasteiger partial charge in [-0.2, -0.15) is 0 Å². The average molecular weight is 369 g/mol. The summed E-state index contributed by atoms with van der Waals surface area (Å²) in [4.78, 5) is 12.5. The van der Waals surface area contributed by atoms with Crippen LogP contribution in [0, 0.1) is 0 Å². The van der Waals surface area contributed by atoms with Crippen molar-refractivity contribution in [3.05, 3.63) is 53.8 Å². The minimum absolute atomic E-state index is 0.0872. The van der Waals surface area contributed by atoms with Gasteiger partial charge in [0.25, 0.3) is 0 Å². The SMILES string of the molecule is COc1ccc2c(CC(=O)NC(C)c3ccc(OC)c(OC)c3)coc2c1.